The number of carboxylic acids is 1. The Morgan fingerprint density at radius 1 is 0.468 bits per heavy atom. The van der Waals surface area contributed by atoms with Crippen molar-refractivity contribution >= 4 is 24.1 Å². The van der Waals surface area contributed by atoms with E-state index in [2.05, 4.69) is 9.97 Å². The summed E-state index contributed by atoms with van der Waals surface area (Å²) in [6, 6.07) is 48.6. The lowest BCUT2D eigenvalue weighted by atomic mass is 10.0. The van der Waals surface area contributed by atoms with Crippen molar-refractivity contribution in [2.45, 2.75) is 65.5 Å². The maximum atomic E-state index is 12.8. The average Bonchev–Trinajstić information content (AvgIpc) is 4.02. The number of esters is 1. The highest BCUT2D eigenvalue weighted by molar-refractivity contribution is 5.79. The third-order valence-corrected chi connectivity index (χ3v) is 12.3. The fraction of sp³-hybridized carbons (Fsp3) is 0.246. The molecule has 16 heteroatoms. The molecule has 8 aromatic rings. The smallest absolute Gasteiger partial charge is 0.416 e. The highest BCUT2D eigenvalue weighted by atomic mass is 16.6. The first-order valence-corrected chi connectivity index (χ1v) is 25.1. The number of benzene rings is 6. The summed E-state index contributed by atoms with van der Waals surface area (Å²) in [5.74, 6) is 3.24. The lowest BCUT2D eigenvalue weighted by Crippen LogP contribution is -2.37. The van der Waals surface area contributed by atoms with Crippen LogP contribution in [0.2, 0.25) is 0 Å². The molecule has 0 fully saturated rings. The minimum atomic E-state index is -1.12. The highest BCUT2D eigenvalue weighted by Crippen LogP contribution is 2.26. The SMILES string of the molecule is COC(=O)CN(Cc1ccc(CCCc2nc(-c3ccccc3)oc2C)cc1)C(=O)Oc1ccc(OC)cc1.COc1ccc(OC(=O)N(CC(=O)O)Cc2ccc(CCCc3nc(-c4ccccc4)oc3C)cc2)cc1. The number of ether oxygens (including phenoxy) is 5. The molecule has 0 aliphatic carbocycles. The van der Waals surface area contributed by atoms with Crippen molar-refractivity contribution in [2.24, 2.45) is 0 Å². The second-order valence-electron chi connectivity index (χ2n) is 17.9. The minimum absolute atomic E-state index is 0.113. The molecule has 0 saturated carbocycles. The number of aromatic nitrogens is 2. The molecular weight excluding hydrogens is 981 g/mol. The van der Waals surface area contributed by atoms with Gasteiger partial charge in [-0.15, -0.1) is 0 Å². The van der Waals surface area contributed by atoms with Crippen LogP contribution in [0.25, 0.3) is 22.9 Å². The van der Waals surface area contributed by atoms with E-state index in [0.29, 0.717) is 34.8 Å². The van der Waals surface area contributed by atoms with Gasteiger partial charge >= 0.3 is 24.1 Å². The van der Waals surface area contributed by atoms with Crippen molar-refractivity contribution in [3.05, 3.63) is 203 Å². The molecule has 2 heterocycles. The van der Waals surface area contributed by atoms with Crippen molar-refractivity contribution in [3.63, 3.8) is 0 Å². The Hall–Kier alpha value is -9.18. The van der Waals surface area contributed by atoms with Crippen LogP contribution in [0.1, 0.15) is 58.0 Å². The molecule has 0 radical (unpaired) electrons. The molecule has 2 amide bonds. The van der Waals surface area contributed by atoms with Gasteiger partial charge in [0.05, 0.1) is 32.7 Å². The Balaban J connectivity index is 0.000000224. The molecule has 1 N–H and O–H groups in total. The van der Waals surface area contributed by atoms with E-state index in [1.165, 1.54) is 17.6 Å². The standard InChI is InChI=1S/C31H32N2O6.C30H30N2O6/c1-22-28(32-30(38-22)25-9-5-4-6-10-25)11-7-8-23-12-14-24(15-13-23)20-33(21-29(34)37-3)31(35)39-27-18-16-26(36-2)17-19-27;1-21-27(31-29(37-21)24-8-4-3-5-9-24)10-6-7-22-11-13-23(14-12-22)19-32(20-28(33)34)30(35)38-26-17-15-25(36-2)16-18-26/h4-6,9-10,12-19H,7-8,11,20-21H2,1-3H3;3-5,8-9,11-18H,6-7,10,19-20H2,1-2H3,(H,33,34). The Morgan fingerprint density at radius 2 is 0.831 bits per heavy atom. The van der Waals surface area contributed by atoms with Crippen molar-refractivity contribution in [2.75, 3.05) is 34.4 Å². The molecule has 0 bridgehead atoms. The zero-order valence-electron chi connectivity index (χ0n) is 43.8. The molecule has 0 spiro atoms. The number of amides is 2. The number of carboxylic acid groups (broad SMARTS) is 1. The Bertz CT molecular complexity index is 3140. The van der Waals surface area contributed by atoms with Gasteiger partial charge in [0.1, 0.15) is 47.6 Å². The first kappa shape index (κ1) is 55.6. The zero-order valence-corrected chi connectivity index (χ0v) is 43.8. The van der Waals surface area contributed by atoms with E-state index in [-0.39, 0.29) is 19.6 Å². The van der Waals surface area contributed by atoms with Gasteiger partial charge in [-0.25, -0.2) is 19.6 Å². The number of aryl methyl sites for hydroxylation is 6. The summed E-state index contributed by atoms with van der Waals surface area (Å²) in [7, 11) is 4.39. The van der Waals surface area contributed by atoms with Crippen LogP contribution >= 0.6 is 0 Å². The van der Waals surface area contributed by atoms with Gasteiger partial charge < -0.3 is 37.6 Å². The predicted octanol–water partition coefficient (Wildman–Crippen LogP) is 11.9. The van der Waals surface area contributed by atoms with Crippen molar-refractivity contribution in [1.29, 1.82) is 0 Å². The molecule has 77 heavy (non-hydrogen) atoms. The molecule has 2 aromatic heterocycles. The molecule has 0 aliphatic heterocycles. The van der Waals surface area contributed by atoms with E-state index in [4.69, 9.17) is 32.5 Å². The first-order chi connectivity index (χ1) is 37.4. The highest BCUT2D eigenvalue weighted by Gasteiger charge is 2.22. The van der Waals surface area contributed by atoms with Crippen molar-refractivity contribution in [1.82, 2.24) is 19.8 Å². The predicted molar refractivity (Wildman–Crippen MR) is 289 cm³/mol. The van der Waals surface area contributed by atoms with E-state index in [0.717, 1.165) is 94.2 Å². The first-order valence-electron chi connectivity index (χ1n) is 25.1. The lowest BCUT2D eigenvalue weighted by Gasteiger charge is -2.21. The molecule has 8 rings (SSSR count). The van der Waals surface area contributed by atoms with Crippen LogP contribution in [-0.4, -0.2) is 83.4 Å². The van der Waals surface area contributed by atoms with Gasteiger partial charge in [-0.3, -0.25) is 19.4 Å². The van der Waals surface area contributed by atoms with Gasteiger partial charge in [-0.1, -0.05) is 84.9 Å². The lowest BCUT2D eigenvalue weighted by molar-refractivity contribution is -0.141. The maximum Gasteiger partial charge on any atom is 0.416 e. The average molecular weight is 1040 g/mol. The van der Waals surface area contributed by atoms with E-state index in [1.54, 1.807) is 62.8 Å². The van der Waals surface area contributed by atoms with Crippen LogP contribution in [0.3, 0.4) is 0 Å². The Kier molecular flexibility index (Phi) is 20.2. The monoisotopic (exact) mass is 1040 g/mol. The third kappa shape index (κ3) is 16.9. The molecule has 6 aromatic carbocycles. The summed E-state index contributed by atoms with van der Waals surface area (Å²) in [5, 5.41) is 9.29. The Labute approximate surface area is 447 Å². The van der Waals surface area contributed by atoms with Crippen LogP contribution in [0.4, 0.5) is 9.59 Å². The summed E-state index contributed by atoms with van der Waals surface area (Å²) in [5.41, 5.74) is 7.85. The summed E-state index contributed by atoms with van der Waals surface area (Å²) in [4.78, 5) is 60.6. The molecule has 0 saturated heterocycles. The molecule has 0 atom stereocenters. The fourth-order valence-corrected chi connectivity index (χ4v) is 8.08. The number of nitrogens with zero attached hydrogens (tertiary/aromatic N) is 4. The second-order valence-corrected chi connectivity index (χ2v) is 17.9. The third-order valence-electron chi connectivity index (χ3n) is 12.3. The van der Waals surface area contributed by atoms with Crippen LogP contribution in [0.15, 0.2) is 167 Å². The zero-order chi connectivity index (χ0) is 54.5. The van der Waals surface area contributed by atoms with Gasteiger partial charge in [-0.05, 0) is 147 Å². The molecular formula is C61H62N4O12. The van der Waals surface area contributed by atoms with Gasteiger partial charge in [0, 0.05) is 24.2 Å². The number of rotatable bonds is 22. The summed E-state index contributed by atoms with van der Waals surface area (Å²) in [6.07, 6.45) is 3.78. The molecule has 0 aliphatic rings. The number of methoxy groups -OCH3 is 3. The van der Waals surface area contributed by atoms with Crippen LogP contribution < -0.4 is 18.9 Å². The van der Waals surface area contributed by atoms with E-state index in [9.17, 15) is 24.3 Å². The van der Waals surface area contributed by atoms with E-state index in [1.807, 2.05) is 123 Å². The maximum absolute atomic E-state index is 12.8. The van der Waals surface area contributed by atoms with Gasteiger partial charge in [0.15, 0.2) is 0 Å². The number of hydrogen-bond acceptors (Lipinski definition) is 13. The van der Waals surface area contributed by atoms with Crippen molar-refractivity contribution in [3.8, 4) is 45.9 Å². The molecule has 0 unspecified atom stereocenters. The van der Waals surface area contributed by atoms with Crippen LogP contribution in [0.5, 0.6) is 23.0 Å². The number of carbonyl (C=O) groups excluding carboxylic acids is 3. The normalized spacial score (nSPS) is 10.7. The van der Waals surface area contributed by atoms with Gasteiger partial charge in [-0.2, -0.15) is 0 Å². The minimum Gasteiger partial charge on any atom is -0.497 e. The fourth-order valence-electron chi connectivity index (χ4n) is 8.08. The van der Waals surface area contributed by atoms with E-state index < -0.39 is 30.7 Å². The summed E-state index contributed by atoms with van der Waals surface area (Å²) in [6.45, 7) is 3.50. The number of carbonyl (C=O) groups is 4. The second kappa shape index (κ2) is 27.9. The Morgan fingerprint density at radius 3 is 1.19 bits per heavy atom. The van der Waals surface area contributed by atoms with Gasteiger partial charge in [0.25, 0.3) is 0 Å². The quantitative estimate of drug-likeness (QED) is 0.0630. The largest absolute Gasteiger partial charge is 0.497 e. The van der Waals surface area contributed by atoms with Gasteiger partial charge in [0.2, 0.25) is 11.8 Å². The topological polar surface area (TPSA) is 193 Å². The number of hydrogen-bond donors (Lipinski definition) is 1. The molecule has 16 nitrogen and oxygen atoms in total. The van der Waals surface area contributed by atoms with E-state index >= 15 is 0 Å². The number of oxazole rings is 2. The number of aliphatic carboxylic acids is 1. The summed E-state index contributed by atoms with van der Waals surface area (Å²) >= 11 is 0. The molecule has 398 valence electrons. The van der Waals surface area contributed by atoms with Crippen LogP contribution in [0, 0.1) is 13.8 Å². The van der Waals surface area contributed by atoms with Crippen LogP contribution in [-0.2, 0) is 53.1 Å². The summed E-state index contributed by atoms with van der Waals surface area (Å²) < 4.78 is 37.5. The van der Waals surface area contributed by atoms with Crippen molar-refractivity contribution < 1.29 is 56.8 Å².